The van der Waals surface area contributed by atoms with Crippen molar-refractivity contribution < 1.29 is 63.3 Å². The number of rotatable bonds is 35. The van der Waals surface area contributed by atoms with Crippen LogP contribution in [0.15, 0.2) is 60.0 Å². The molecule has 83 heavy (non-hydrogen) atoms. The van der Waals surface area contributed by atoms with Crippen molar-refractivity contribution in [2.45, 2.75) is 148 Å². The number of aromatic nitrogens is 2. The minimum Gasteiger partial charge on any atom is -0.480 e. The monoisotopic (exact) mass is 1160 g/mol. The lowest BCUT2D eigenvalue weighted by molar-refractivity contribution is -0.148. The third-order valence-corrected chi connectivity index (χ3v) is 13.7. The molecule has 0 bridgehead atoms. The molecule has 9 amide bonds. The molecule has 29 nitrogen and oxygen atoms in total. The number of imidazole rings is 1. The molecule has 19 N–H and O–H groups in total. The first-order valence-corrected chi connectivity index (χ1v) is 27.4. The summed E-state index contributed by atoms with van der Waals surface area (Å²) in [7, 11) is 0. The number of nitrogens with one attached hydrogen (secondary N) is 8. The number of carbonyl (C=O) groups is 10. The van der Waals surface area contributed by atoms with Gasteiger partial charge >= 0.3 is 5.97 Å². The molecular formula is C54H84N16O13. The number of amides is 9. The summed E-state index contributed by atoms with van der Waals surface area (Å²) in [5, 5.41) is 50.2. The van der Waals surface area contributed by atoms with E-state index in [1.165, 1.54) is 19.4 Å². The summed E-state index contributed by atoms with van der Waals surface area (Å²) in [5.74, 6) is -9.66. The van der Waals surface area contributed by atoms with Gasteiger partial charge in [-0.3, -0.25) is 52.9 Å². The molecule has 1 aromatic heterocycles. The van der Waals surface area contributed by atoms with Crippen LogP contribution in [0.3, 0.4) is 0 Å². The fraction of sp³-hybridized carbons (Fsp3) is 0.556. The number of fused-ring (bicyclic) bond motifs is 1. The van der Waals surface area contributed by atoms with Crippen LogP contribution in [-0.2, 0) is 60.8 Å². The fourth-order valence-corrected chi connectivity index (χ4v) is 8.54. The van der Waals surface area contributed by atoms with E-state index in [0.717, 1.165) is 34.4 Å². The Morgan fingerprint density at radius 2 is 1.33 bits per heavy atom. The first-order chi connectivity index (χ1) is 39.2. The molecule has 3 rings (SSSR count). The zero-order valence-corrected chi connectivity index (χ0v) is 48.1. The molecule has 0 radical (unpaired) electrons. The first-order valence-electron chi connectivity index (χ1n) is 27.4. The van der Waals surface area contributed by atoms with Crippen molar-refractivity contribution in [2.24, 2.45) is 33.8 Å². The normalized spacial score (nSPS) is 15.1. The number of aliphatic carboxylic acids is 1. The Hall–Kier alpha value is -8.28. The highest BCUT2D eigenvalue weighted by Crippen LogP contribution is 2.21. The van der Waals surface area contributed by atoms with Crippen LogP contribution in [-0.4, -0.2) is 200 Å². The van der Waals surface area contributed by atoms with E-state index in [2.05, 4.69) is 52.2 Å². The average molecular weight is 1170 g/mol. The third kappa shape index (κ3) is 22.2. The summed E-state index contributed by atoms with van der Waals surface area (Å²) in [6.07, 6.45) is 0.392. The van der Waals surface area contributed by atoms with Gasteiger partial charge in [0, 0.05) is 50.4 Å². The van der Waals surface area contributed by atoms with Crippen molar-refractivity contribution >= 4 is 75.9 Å². The van der Waals surface area contributed by atoms with Crippen LogP contribution in [0.5, 0.6) is 0 Å². The summed E-state index contributed by atoms with van der Waals surface area (Å²) in [5.41, 5.74) is 23.5. The summed E-state index contributed by atoms with van der Waals surface area (Å²) in [6.45, 7) is 8.54. The molecule has 11 atom stereocenters. The molecule has 2 unspecified atom stereocenters. The maximum atomic E-state index is 14.5. The Labute approximate surface area is 481 Å². The minimum atomic E-state index is -1.85. The molecule has 0 spiro atoms. The number of guanidine groups is 1. The van der Waals surface area contributed by atoms with Gasteiger partial charge in [-0.15, -0.1) is 0 Å². The quantitative estimate of drug-likeness (QED) is 0.0152. The number of aliphatic hydroxyl groups excluding tert-OH is 2. The number of aliphatic imine (C=N–C) groups is 1. The zero-order chi connectivity index (χ0) is 62.1. The number of H-pyrrole nitrogens is 1. The number of hydrogen-bond donors (Lipinski definition) is 15. The maximum Gasteiger partial charge on any atom is 0.323 e. The number of nitrogens with two attached hydrogens (primary N) is 4. The maximum absolute atomic E-state index is 14.5. The third-order valence-electron chi connectivity index (χ3n) is 13.7. The van der Waals surface area contributed by atoms with Gasteiger partial charge in [0.15, 0.2) is 5.96 Å². The lowest BCUT2D eigenvalue weighted by Crippen LogP contribution is -2.62. The van der Waals surface area contributed by atoms with Crippen molar-refractivity contribution in [3.8, 4) is 0 Å². The van der Waals surface area contributed by atoms with Crippen LogP contribution in [0.2, 0.25) is 0 Å². The molecule has 0 aliphatic carbocycles. The van der Waals surface area contributed by atoms with Gasteiger partial charge in [0.1, 0.15) is 42.8 Å². The highest BCUT2D eigenvalue weighted by atomic mass is 16.4. The van der Waals surface area contributed by atoms with E-state index < -0.39 is 145 Å². The molecule has 0 aliphatic heterocycles. The Balaban J connectivity index is 1.82. The topological polar surface area (TPSA) is 467 Å². The molecule has 3 aromatic rings. The summed E-state index contributed by atoms with van der Waals surface area (Å²) >= 11 is 0. The van der Waals surface area contributed by atoms with E-state index in [0.29, 0.717) is 30.5 Å². The van der Waals surface area contributed by atoms with Gasteiger partial charge in [0.05, 0.1) is 37.7 Å². The molecule has 1 heterocycles. The molecule has 2 aromatic carbocycles. The van der Waals surface area contributed by atoms with Crippen molar-refractivity contribution in [3.63, 3.8) is 0 Å². The highest BCUT2D eigenvalue weighted by molar-refractivity contribution is 5.98. The number of carbonyl (C=O) groups excluding carboxylic acids is 9. The zero-order valence-electron chi connectivity index (χ0n) is 48.1. The molecule has 0 aliphatic rings. The molecule has 458 valence electrons. The van der Waals surface area contributed by atoms with Gasteiger partial charge in [-0.2, -0.15) is 0 Å². The summed E-state index contributed by atoms with van der Waals surface area (Å²) in [6, 6.07) is 2.22. The summed E-state index contributed by atoms with van der Waals surface area (Å²) < 4.78 is 0. The number of aromatic amines is 1. The Morgan fingerprint density at radius 3 is 1.93 bits per heavy atom. The second-order valence-corrected chi connectivity index (χ2v) is 20.4. The van der Waals surface area contributed by atoms with E-state index in [1.807, 2.05) is 24.3 Å². The predicted octanol–water partition coefficient (Wildman–Crippen LogP) is -3.92. The first kappa shape index (κ1) is 69.0. The Kier molecular flexibility index (Phi) is 28.5. The number of benzene rings is 2. The number of aliphatic hydroxyl groups is 2. The largest absolute Gasteiger partial charge is 0.480 e. The van der Waals surface area contributed by atoms with Crippen LogP contribution in [0.25, 0.3) is 10.8 Å². The van der Waals surface area contributed by atoms with Crippen molar-refractivity contribution in [1.82, 2.24) is 57.0 Å². The number of nitrogens with zero attached hydrogens (tertiary/aromatic N) is 4. The van der Waals surface area contributed by atoms with Crippen LogP contribution >= 0.6 is 0 Å². The highest BCUT2D eigenvalue weighted by Gasteiger charge is 2.37. The van der Waals surface area contributed by atoms with Crippen LogP contribution in [0, 0.1) is 5.92 Å². The Morgan fingerprint density at radius 1 is 0.711 bits per heavy atom. The Bertz CT molecular complexity index is 2700. The van der Waals surface area contributed by atoms with Gasteiger partial charge in [-0.05, 0) is 69.2 Å². The predicted molar refractivity (Wildman–Crippen MR) is 306 cm³/mol. The molecule has 0 saturated heterocycles. The second-order valence-electron chi connectivity index (χ2n) is 20.4. The van der Waals surface area contributed by atoms with E-state index >= 15 is 0 Å². The SMILES string of the molecule is CCC(C)[C@H](NC(=O)CN(CCN)C(=O)CNC(=O)[C@@H](NC(=O)[C@@H](NC(=O)[C@H](Cc1cnc[nH]1)NC(=O)[C@H](Cc1cccc2ccccc12)NC(=O)[C@H](C)NC(=O)[C@@H](N)CCCN=C(N)N)[C@@H](C)O)[C@@H](C)O)C(=O)N(CC(=O)O)C(C)CC. The molecule has 0 saturated carbocycles. The standard InChI is InChI=1S/C54H84N16O13/c1-8-29(3)44(53(83)70(27-43(75)76)30(4)9-2)66-41(73)26-69(21-19-55)42(74)25-61-51(81)45(32(6)71)68-52(82)46(33(7)72)67-50(80)40(23-36-24-59-28-62-36)65-49(79)39(22-35-16-12-15-34-14-10-11-17-37(34)35)64-47(77)31(5)63-48(78)38(56)18-13-20-60-54(57)58/h10-12,14-17,24,28-33,38-40,44-46,71-72H,8-9,13,18-23,25-27,55-56H2,1-7H3,(H,59,62)(H,61,81)(H,63,78)(H,64,77)(H,65,79)(H,66,73)(H,67,80)(H,68,82)(H,75,76)(H4,57,58,60)/t29?,30?,31-,32+,33+,38-,39-,40-,44-,45-,46-/m0/s1. The van der Waals surface area contributed by atoms with E-state index in [-0.39, 0.29) is 44.9 Å². The average Bonchev–Trinajstić information content (AvgIpc) is 3.96. The van der Waals surface area contributed by atoms with E-state index in [4.69, 9.17) is 22.9 Å². The van der Waals surface area contributed by atoms with Gasteiger partial charge in [0.2, 0.25) is 53.2 Å². The molecule has 29 heteroatoms. The van der Waals surface area contributed by atoms with Crippen molar-refractivity contribution in [3.05, 3.63) is 66.2 Å². The molecular weight excluding hydrogens is 1080 g/mol. The van der Waals surface area contributed by atoms with Gasteiger partial charge < -0.3 is 90.3 Å². The second kappa shape index (κ2) is 34.2. The lowest BCUT2D eigenvalue weighted by Gasteiger charge is -2.33. The lowest BCUT2D eigenvalue weighted by atomic mass is 9.96. The van der Waals surface area contributed by atoms with Crippen molar-refractivity contribution in [2.75, 3.05) is 39.3 Å². The van der Waals surface area contributed by atoms with Gasteiger partial charge in [0.25, 0.3) is 0 Å². The van der Waals surface area contributed by atoms with E-state index in [1.54, 1.807) is 45.9 Å². The van der Waals surface area contributed by atoms with Crippen molar-refractivity contribution in [1.29, 1.82) is 0 Å². The number of carboxylic acids is 1. The van der Waals surface area contributed by atoms with Crippen LogP contribution in [0.1, 0.15) is 85.4 Å². The molecule has 0 fully saturated rings. The van der Waals surface area contributed by atoms with E-state index in [9.17, 15) is 63.3 Å². The number of hydrogen-bond acceptors (Lipinski definition) is 16. The smallest absolute Gasteiger partial charge is 0.323 e. The van der Waals surface area contributed by atoms with Crippen LogP contribution < -0.4 is 60.2 Å². The van der Waals surface area contributed by atoms with Gasteiger partial charge in [-0.25, -0.2) is 4.98 Å². The summed E-state index contributed by atoms with van der Waals surface area (Å²) in [4.78, 5) is 148. The fourth-order valence-electron chi connectivity index (χ4n) is 8.54. The number of carboxylic acid groups (broad SMARTS) is 1. The van der Waals surface area contributed by atoms with Gasteiger partial charge in [-0.1, -0.05) is 69.7 Å². The minimum absolute atomic E-state index is 0.119. The van der Waals surface area contributed by atoms with Crippen LogP contribution in [0.4, 0.5) is 0 Å².